The van der Waals surface area contributed by atoms with Crippen LogP contribution in [0.25, 0.3) is 0 Å². The fourth-order valence-corrected chi connectivity index (χ4v) is 1.26. The number of carbonyl (C=O) groups excluding carboxylic acids is 1. The molecule has 82 valence electrons. The van der Waals surface area contributed by atoms with E-state index in [4.69, 9.17) is 4.74 Å². The Morgan fingerprint density at radius 1 is 1.40 bits per heavy atom. The highest BCUT2D eigenvalue weighted by Gasteiger charge is 2.01. The van der Waals surface area contributed by atoms with Gasteiger partial charge in [-0.2, -0.15) is 0 Å². The van der Waals surface area contributed by atoms with Gasteiger partial charge in [0.15, 0.2) is 0 Å². The van der Waals surface area contributed by atoms with E-state index < -0.39 is 0 Å². The van der Waals surface area contributed by atoms with Gasteiger partial charge in [-0.1, -0.05) is 37.3 Å². The number of hydrogen-bond acceptors (Lipinski definition) is 2. The molecule has 1 amide bonds. The summed E-state index contributed by atoms with van der Waals surface area (Å²) in [6.07, 6.45) is 0.716. The Hall–Kier alpha value is -1.35. The highest BCUT2D eigenvalue weighted by Crippen LogP contribution is 2.02. The van der Waals surface area contributed by atoms with Crippen molar-refractivity contribution in [3.63, 3.8) is 0 Å². The molecule has 15 heavy (non-hydrogen) atoms. The number of hydrogen-bond donors (Lipinski definition) is 1. The van der Waals surface area contributed by atoms with Crippen LogP contribution in [0.4, 0.5) is 0 Å². The van der Waals surface area contributed by atoms with Crippen molar-refractivity contribution in [2.24, 2.45) is 5.92 Å². The summed E-state index contributed by atoms with van der Waals surface area (Å²) in [6.45, 7) is 4.00. The van der Waals surface area contributed by atoms with Gasteiger partial charge >= 0.3 is 0 Å². The highest BCUT2D eigenvalue weighted by atomic mass is 16.5. The van der Waals surface area contributed by atoms with Crippen LogP contribution in [0.15, 0.2) is 30.3 Å². The quantitative estimate of drug-likeness (QED) is 0.689. The zero-order chi connectivity index (χ0) is 10.9. The van der Waals surface area contributed by atoms with Crippen LogP contribution < -0.4 is 5.32 Å². The first-order valence-electron chi connectivity index (χ1n) is 5.11. The predicted octanol–water partition coefficient (Wildman–Crippen LogP) is 1.59. The van der Waals surface area contributed by atoms with E-state index in [1.165, 1.54) is 5.56 Å². The highest BCUT2D eigenvalue weighted by molar-refractivity contribution is 5.45. The van der Waals surface area contributed by atoms with Crippen LogP contribution >= 0.6 is 0 Å². The van der Waals surface area contributed by atoms with E-state index in [-0.39, 0.29) is 0 Å². The lowest BCUT2D eigenvalue weighted by atomic mass is 10.2. The zero-order valence-corrected chi connectivity index (χ0v) is 8.98. The molecule has 3 nitrogen and oxygen atoms in total. The van der Waals surface area contributed by atoms with Crippen LogP contribution in [0.5, 0.6) is 0 Å². The lowest BCUT2D eigenvalue weighted by Gasteiger charge is -2.11. The second kappa shape index (κ2) is 7.01. The number of rotatable bonds is 7. The lowest BCUT2D eigenvalue weighted by Crippen LogP contribution is -2.22. The van der Waals surface area contributed by atoms with Crippen molar-refractivity contribution in [1.82, 2.24) is 5.32 Å². The van der Waals surface area contributed by atoms with E-state index in [0.717, 1.165) is 0 Å². The summed E-state index contributed by atoms with van der Waals surface area (Å²) in [5, 5.41) is 2.64. The summed E-state index contributed by atoms with van der Waals surface area (Å²) >= 11 is 0. The van der Waals surface area contributed by atoms with E-state index >= 15 is 0 Å². The maximum absolute atomic E-state index is 10.1. The number of nitrogens with one attached hydrogen (secondary N) is 1. The molecule has 0 bridgehead atoms. The van der Waals surface area contributed by atoms with Crippen molar-refractivity contribution >= 4 is 6.41 Å². The van der Waals surface area contributed by atoms with Crippen LogP contribution in [-0.2, 0) is 16.1 Å². The van der Waals surface area contributed by atoms with Crippen molar-refractivity contribution in [2.45, 2.75) is 13.5 Å². The Balaban J connectivity index is 2.13. The second-order valence-corrected chi connectivity index (χ2v) is 3.63. The van der Waals surface area contributed by atoms with Gasteiger partial charge in [0.25, 0.3) is 0 Å². The van der Waals surface area contributed by atoms with E-state index in [9.17, 15) is 4.79 Å². The van der Waals surface area contributed by atoms with Crippen LogP contribution in [-0.4, -0.2) is 19.6 Å². The summed E-state index contributed by atoms with van der Waals surface area (Å²) < 4.78 is 5.52. The molecule has 0 radical (unpaired) electrons. The van der Waals surface area contributed by atoms with E-state index in [1.54, 1.807) is 0 Å². The molecule has 1 unspecified atom stereocenters. The van der Waals surface area contributed by atoms with Crippen LogP contribution in [0.1, 0.15) is 12.5 Å². The summed E-state index contributed by atoms with van der Waals surface area (Å²) in [5.41, 5.74) is 1.17. The topological polar surface area (TPSA) is 38.3 Å². The first-order chi connectivity index (χ1) is 7.33. The minimum absolute atomic E-state index is 0.346. The Bertz CT molecular complexity index is 274. The molecule has 1 rings (SSSR count). The zero-order valence-electron chi connectivity index (χ0n) is 8.98. The molecule has 0 fully saturated rings. The molecule has 1 atom stereocenters. The predicted molar refractivity (Wildman–Crippen MR) is 59.3 cm³/mol. The molecule has 0 aliphatic rings. The molecule has 1 N–H and O–H groups in total. The van der Waals surface area contributed by atoms with Crippen LogP contribution in [0.2, 0.25) is 0 Å². The van der Waals surface area contributed by atoms with Gasteiger partial charge in [-0.15, -0.1) is 0 Å². The molecule has 0 aliphatic heterocycles. The minimum Gasteiger partial charge on any atom is -0.376 e. The summed E-state index contributed by atoms with van der Waals surface area (Å²) in [5.74, 6) is 0.346. The minimum atomic E-state index is 0.346. The third-order valence-corrected chi connectivity index (χ3v) is 2.06. The van der Waals surface area contributed by atoms with Crippen molar-refractivity contribution in [3.05, 3.63) is 35.9 Å². The maximum atomic E-state index is 10.1. The molecule has 0 heterocycles. The molecule has 1 aromatic carbocycles. The number of carbonyl (C=O) groups is 1. The smallest absolute Gasteiger partial charge is 0.207 e. The molecule has 0 saturated carbocycles. The fraction of sp³-hybridized carbons (Fsp3) is 0.417. The number of amides is 1. The van der Waals surface area contributed by atoms with E-state index in [0.29, 0.717) is 32.1 Å². The molecule has 3 heteroatoms. The summed E-state index contributed by atoms with van der Waals surface area (Å²) in [4.78, 5) is 10.1. The fourth-order valence-electron chi connectivity index (χ4n) is 1.26. The third-order valence-electron chi connectivity index (χ3n) is 2.06. The van der Waals surface area contributed by atoms with Crippen LogP contribution in [0, 0.1) is 5.92 Å². The third kappa shape index (κ3) is 5.18. The SMILES string of the molecule is CC(CNC=O)COCc1ccccc1. The van der Waals surface area contributed by atoms with Crippen LogP contribution in [0.3, 0.4) is 0 Å². The van der Waals surface area contributed by atoms with E-state index in [2.05, 4.69) is 5.32 Å². The molecule has 1 aromatic rings. The number of benzene rings is 1. The Morgan fingerprint density at radius 3 is 2.80 bits per heavy atom. The summed E-state index contributed by atoms with van der Waals surface area (Å²) in [7, 11) is 0. The van der Waals surface area contributed by atoms with Crippen molar-refractivity contribution < 1.29 is 9.53 Å². The van der Waals surface area contributed by atoms with Crippen molar-refractivity contribution in [2.75, 3.05) is 13.2 Å². The van der Waals surface area contributed by atoms with Crippen molar-refractivity contribution in [1.29, 1.82) is 0 Å². The van der Waals surface area contributed by atoms with Gasteiger partial charge in [0.2, 0.25) is 6.41 Å². The first-order valence-corrected chi connectivity index (χ1v) is 5.11. The second-order valence-electron chi connectivity index (χ2n) is 3.63. The van der Waals surface area contributed by atoms with Gasteiger partial charge in [-0.3, -0.25) is 4.79 Å². The average molecular weight is 207 g/mol. The van der Waals surface area contributed by atoms with E-state index in [1.807, 2.05) is 37.3 Å². The average Bonchev–Trinajstić information content (AvgIpc) is 2.28. The van der Waals surface area contributed by atoms with Gasteiger partial charge < -0.3 is 10.1 Å². The molecule has 0 saturated heterocycles. The Morgan fingerprint density at radius 2 is 2.13 bits per heavy atom. The maximum Gasteiger partial charge on any atom is 0.207 e. The van der Waals surface area contributed by atoms with Gasteiger partial charge in [0, 0.05) is 6.54 Å². The largest absolute Gasteiger partial charge is 0.376 e. The van der Waals surface area contributed by atoms with Gasteiger partial charge in [-0.25, -0.2) is 0 Å². The van der Waals surface area contributed by atoms with Gasteiger partial charge in [0.05, 0.1) is 13.2 Å². The Labute approximate surface area is 90.4 Å². The summed E-state index contributed by atoms with van der Waals surface area (Å²) in [6, 6.07) is 10.1. The van der Waals surface area contributed by atoms with Crippen molar-refractivity contribution in [3.8, 4) is 0 Å². The molecule has 0 aromatic heterocycles. The van der Waals surface area contributed by atoms with Gasteiger partial charge in [-0.05, 0) is 11.5 Å². The molecule has 0 spiro atoms. The monoisotopic (exact) mass is 207 g/mol. The Kier molecular flexibility index (Phi) is 5.48. The molecule has 0 aliphatic carbocycles. The molecular formula is C12H17NO2. The lowest BCUT2D eigenvalue weighted by molar-refractivity contribution is -0.109. The molecular weight excluding hydrogens is 190 g/mol. The standard InChI is InChI=1S/C12H17NO2/c1-11(7-13-10-14)8-15-9-12-5-3-2-4-6-12/h2-6,10-11H,7-9H2,1H3,(H,13,14). The van der Waals surface area contributed by atoms with Gasteiger partial charge in [0.1, 0.15) is 0 Å². The normalized spacial score (nSPS) is 12.1. The first kappa shape index (κ1) is 11.7. The number of ether oxygens (including phenoxy) is 1.